The van der Waals surface area contributed by atoms with E-state index in [9.17, 15) is 0 Å². The van der Waals surface area contributed by atoms with Crippen LogP contribution in [0, 0.1) is 0 Å². The van der Waals surface area contributed by atoms with Gasteiger partial charge in [-0.25, -0.2) is 0 Å². The summed E-state index contributed by atoms with van der Waals surface area (Å²) in [6, 6.07) is 13.3. The molecule has 2 rings (SSSR count). The second kappa shape index (κ2) is 9.58. The molecule has 0 bridgehead atoms. The molecule has 0 radical (unpaired) electrons. The molecule has 0 spiro atoms. The number of hydrogen-bond acceptors (Lipinski definition) is 0. The first kappa shape index (κ1) is 18.7. The van der Waals surface area contributed by atoms with Crippen LogP contribution in [0.25, 0.3) is 10.8 Å². The van der Waals surface area contributed by atoms with Crippen molar-refractivity contribution in [3.63, 3.8) is 0 Å². The summed E-state index contributed by atoms with van der Waals surface area (Å²) in [4.78, 5) is 0. The van der Waals surface area contributed by atoms with Gasteiger partial charge in [0.05, 0.1) is 0 Å². The molecule has 112 valence electrons. The van der Waals surface area contributed by atoms with Crippen LogP contribution in [0.3, 0.4) is 0 Å². The summed E-state index contributed by atoms with van der Waals surface area (Å²) in [6.07, 6.45) is 0. The van der Waals surface area contributed by atoms with E-state index in [1.807, 2.05) is 27.7 Å². The predicted molar refractivity (Wildman–Crippen MR) is 94.8 cm³/mol. The van der Waals surface area contributed by atoms with Crippen LogP contribution in [0.5, 0.6) is 0 Å². The van der Waals surface area contributed by atoms with Crippen molar-refractivity contribution in [2.24, 2.45) is 0 Å². The Balaban J connectivity index is 0.000000829. The summed E-state index contributed by atoms with van der Waals surface area (Å²) in [6.45, 7) is 17.1. The van der Waals surface area contributed by atoms with E-state index < -0.39 is 0 Å². The summed E-state index contributed by atoms with van der Waals surface area (Å²) in [7, 11) is 0. The van der Waals surface area contributed by atoms with Crippen molar-refractivity contribution in [2.45, 2.75) is 67.2 Å². The van der Waals surface area contributed by atoms with Gasteiger partial charge in [0, 0.05) is 0 Å². The molecular formula is C20H32. The van der Waals surface area contributed by atoms with Crippen molar-refractivity contribution in [1.29, 1.82) is 0 Å². The van der Waals surface area contributed by atoms with Crippen LogP contribution >= 0.6 is 0 Å². The van der Waals surface area contributed by atoms with E-state index in [0.717, 1.165) is 0 Å². The SMILES string of the molecule is CC.CC.CC(C)c1cc2ccccc2cc1C(C)C. The van der Waals surface area contributed by atoms with Crippen molar-refractivity contribution < 1.29 is 0 Å². The average molecular weight is 272 g/mol. The van der Waals surface area contributed by atoms with Crippen LogP contribution in [0.15, 0.2) is 36.4 Å². The third-order valence-corrected chi connectivity index (χ3v) is 3.20. The molecule has 2 aromatic rings. The topological polar surface area (TPSA) is 0 Å². The minimum atomic E-state index is 0.599. The van der Waals surface area contributed by atoms with E-state index >= 15 is 0 Å². The fourth-order valence-electron chi connectivity index (χ4n) is 2.28. The van der Waals surface area contributed by atoms with Crippen LogP contribution in [-0.2, 0) is 0 Å². The molecule has 20 heavy (non-hydrogen) atoms. The van der Waals surface area contributed by atoms with Crippen LogP contribution in [-0.4, -0.2) is 0 Å². The lowest BCUT2D eigenvalue weighted by atomic mass is 9.88. The summed E-state index contributed by atoms with van der Waals surface area (Å²) < 4.78 is 0. The van der Waals surface area contributed by atoms with Gasteiger partial charge in [-0.3, -0.25) is 0 Å². The Morgan fingerprint density at radius 3 is 1.15 bits per heavy atom. The first-order valence-electron chi connectivity index (χ1n) is 8.12. The van der Waals surface area contributed by atoms with Gasteiger partial charge in [0.2, 0.25) is 0 Å². The zero-order valence-electron chi connectivity index (χ0n) is 14.6. The van der Waals surface area contributed by atoms with E-state index in [4.69, 9.17) is 0 Å². The maximum Gasteiger partial charge on any atom is -0.0181 e. The van der Waals surface area contributed by atoms with Crippen LogP contribution in [0.2, 0.25) is 0 Å². The fraction of sp³-hybridized carbons (Fsp3) is 0.500. The smallest absolute Gasteiger partial charge is 0.0181 e. The highest BCUT2D eigenvalue weighted by atomic mass is 14.2. The zero-order chi connectivity index (χ0) is 15.7. The first-order chi connectivity index (χ1) is 9.59. The Morgan fingerprint density at radius 2 is 0.900 bits per heavy atom. The molecule has 0 N–H and O–H groups in total. The molecule has 0 unspecified atom stereocenters. The summed E-state index contributed by atoms with van der Waals surface area (Å²) in [5, 5.41) is 2.71. The average Bonchev–Trinajstić information content (AvgIpc) is 2.49. The van der Waals surface area contributed by atoms with E-state index in [1.54, 1.807) is 0 Å². The molecule has 0 heterocycles. The van der Waals surface area contributed by atoms with Gasteiger partial charge in [0.25, 0.3) is 0 Å². The highest BCUT2D eigenvalue weighted by molar-refractivity contribution is 5.84. The van der Waals surface area contributed by atoms with Gasteiger partial charge in [-0.05, 0) is 33.7 Å². The monoisotopic (exact) mass is 272 g/mol. The van der Waals surface area contributed by atoms with E-state index in [-0.39, 0.29) is 0 Å². The number of rotatable bonds is 2. The minimum Gasteiger partial charge on any atom is -0.0683 e. The van der Waals surface area contributed by atoms with Crippen molar-refractivity contribution in [1.82, 2.24) is 0 Å². The molecule has 0 aliphatic heterocycles. The Hall–Kier alpha value is -1.30. The molecule has 0 atom stereocenters. The largest absolute Gasteiger partial charge is 0.0683 e. The molecule has 0 aliphatic rings. The number of hydrogen-bond donors (Lipinski definition) is 0. The molecule has 0 aliphatic carbocycles. The lowest BCUT2D eigenvalue weighted by molar-refractivity contribution is 0.793. The Bertz CT molecular complexity index is 446. The van der Waals surface area contributed by atoms with Crippen molar-refractivity contribution in [3.05, 3.63) is 47.5 Å². The summed E-state index contributed by atoms with van der Waals surface area (Å²) >= 11 is 0. The zero-order valence-corrected chi connectivity index (χ0v) is 14.6. The van der Waals surface area contributed by atoms with Gasteiger partial charge >= 0.3 is 0 Å². The third-order valence-electron chi connectivity index (χ3n) is 3.20. The summed E-state index contributed by atoms with van der Waals surface area (Å²) in [5.41, 5.74) is 2.99. The van der Waals surface area contributed by atoms with Gasteiger partial charge in [-0.15, -0.1) is 0 Å². The summed E-state index contributed by atoms with van der Waals surface area (Å²) in [5.74, 6) is 1.20. The van der Waals surface area contributed by atoms with Crippen LogP contribution in [0.4, 0.5) is 0 Å². The van der Waals surface area contributed by atoms with Crippen LogP contribution in [0.1, 0.15) is 78.4 Å². The van der Waals surface area contributed by atoms with Crippen molar-refractivity contribution in [2.75, 3.05) is 0 Å². The lowest BCUT2D eigenvalue weighted by Gasteiger charge is -2.17. The molecule has 0 fully saturated rings. The van der Waals surface area contributed by atoms with Crippen molar-refractivity contribution in [3.8, 4) is 0 Å². The highest BCUT2D eigenvalue weighted by Gasteiger charge is 2.10. The molecule has 0 aromatic heterocycles. The minimum absolute atomic E-state index is 0.599. The second-order valence-corrected chi connectivity index (χ2v) is 5.14. The molecule has 0 nitrogen and oxygen atoms in total. The van der Waals surface area contributed by atoms with E-state index in [1.165, 1.54) is 21.9 Å². The second-order valence-electron chi connectivity index (χ2n) is 5.14. The first-order valence-corrected chi connectivity index (χ1v) is 8.12. The molecule has 2 aromatic carbocycles. The Kier molecular flexibility index (Phi) is 8.96. The molecular weight excluding hydrogens is 240 g/mol. The molecule has 0 heteroatoms. The lowest BCUT2D eigenvalue weighted by Crippen LogP contribution is -1.98. The normalized spacial score (nSPS) is 9.90. The van der Waals surface area contributed by atoms with Gasteiger partial charge in [0.15, 0.2) is 0 Å². The highest BCUT2D eigenvalue weighted by Crippen LogP contribution is 2.30. The predicted octanol–water partition coefficient (Wildman–Crippen LogP) is 7.14. The maximum atomic E-state index is 2.36. The van der Waals surface area contributed by atoms with Gasteiger partial charge in [0.1, 0.15) is 0 Å². The standard InChI is InChI=1S/C16H20.2C2H6/c1-11(2)15-9-13-7-5-6-8-14(13)10-16(15)12(3)4;2*1-2/h5-12H,1-4H3;2*1-2H3. The van der Waals surface area contributed by atoms with E-state index in [0.29, 0.717) is 11.8 Å². The molecule has 0 saturated heterocycles. The molecule has 0 saturated carbocycles. The van der Waals surface area contributed by atoms with Gasteiger partial charge in [-0.2, -0.15) is 0 Å². The fourth-order valence-corrected chi connectivity index (χ4v) is 2.28. The van der Waals surface area contributed by atoms with Gasteiger partial charge < -0.3 is 0 Å². The quantitative estimate of drug-likeness (QED) is 0.545. The Labute approximate surface area is 126 Å². The number of fused-ring (bicyclic) bond motifs is 1. The van der Waals surface area contributed by atoms with Crippen molar-refractivity contribution >= 4 is 10.8 Å². The van der Waals surface area contributed by atoms with Gasteiger partial charge in [-0.1, -0.05) is 91.8 Å². The third kappa shape index (κ3) is 4.67. The number of benzene rings is 2. The van der Waals surface area contributed by atoms with E-state index in [2.05, 4.69) is 64.1 Å². The Morgan fingerprint density at radius 1 is 0.600 bits per heavy atom. The molecule has 0 amide bonds. The van der Waals surface area contributed by atoms with Crippen LogP contribution < -0.4 is 0 Å². The maximum absolute atomic E-state index is 2.36.